The molecule has 0 aromatic heterocycles. The fourth-order valence-electron chi connectivity index (χ4n) is 2.11. The van der Waals surface area contributed by atoms with Crippen LogP contribution in [0.15, 0.2) is 4.99 Å². The first kappa shape index (κ1) is 7.77. The molecule has 3 heteroatoms. The minimum absolute atomic E-state index is 0.0353. The van der Waals surface area contributed by atoms with E-state index in [0.29, 0.717) is 12.6 Å². The van der Waals surface area contributed by atoms with Crippen molar-refractivity contribution in [3.8, 4) is 0 Å². The highest BCUT2D eigenvalue weighted by Gasteiger charge is 2.28. The molecule has 0 saturated heterocycles. The lowest BCUT2D eigenvalue weighted by Gasteiger charge is -2.26. The van der Waals surface area contributed by atoms with Crippen molar-refractivity contribution < 1.29 is 4.79 Å². The number of nitrogens with zero attached hydrogens (tertiary/aromatic N) is 2. The molecule has 1 atom stereocenters. The molecule has 0 spiro atoms. The van der Waals surface area contributed by atoms with Gasteiger partial charge in [-0.1, -0.05) is 12.8 Å². The maximum Gasteiger partial charge on any atom is 0.144 e. The lowest BCUT2D eigenvalue weighted by molar-refractivity contribution is -0.111. The van der Waals surface area contributed by atoms with Gasteiger partial charge in [-0.05, 0) is 12.8 Å². The molecule has 0 aromatic carbocycles. The van der Waals surface area contributed by atoms with Crippen molar-refractivity contribution in [1.82, 2.24) is 4.90 Å². The zero-order valence-electron chi connectivity index (χ0n) is 7.15. The Morgan fingerprint density at radius 2 is 2.17 bits per heavy atom. The summed E-state index contributed by atoms with van der Waals surface area (Å²) in [6.45, 7) is 0.667. The summed E-state index contributed by atoms with van der Waals surface area (Å²) in [5.41, 5.74) is 0. The molecule has 0 radical (unpaired) electrons. The molecule has 2 rings (SSSR count). The molecule has 66 valence electrons. The Bertz CT molecular complexity index is 197. The van der Waals surface area contributed by atoms with E-state index in [-0.39, 0.29) is 6.04 Å². The van der Waals surface area contributed by atoms with E-state index in [2.05, 4.69) is 9.89 Å². The van der Waals surface area contributed by atoms with Crippen LogP contribution in [0.5, 0.6) is 0 Å². The number of aldehydes is 1. The molecular formula is C9H14N2O. The van der Waals surface area contributed by atoms with Gasteiger partial charge in [0.2, 0.25) is 0 Å². The van der Waals surface area contributed by atoms with Gasteiger partial charge in [-0.3, -0.25) is 4.99 Å². The fraction of sp³-hybridized carbons (Fsp3) is 0.778. The minimum atomic E-state index is 0.0353. The van der Waals surface area contributed by atoms with Crippen molar-refractivity contribution in [3.05, 3.63) is 0 Å². The van der Waals surface area contributed by atoms with E-state index < -0.39 is 0 Å². The first-order valence-corrected chi connectivity index (χ1v) is 4.64. The van der Waals surface area contributed by atoms with Gasteiger partial charge in [0.25, 0.3) is 0 Å². The summed E-state index contributed by atoms with van der Waals surface area (Å²) in [6.07, 6.45) is 7.95. The summed E-state index contributed by atoms with van der Waals surface area (Å²) in [4.78, 5) is 16.9. The Morgan fingerprint density at radius 3 is 2.83 bits per heavy atom. The normalized spacial score (nSPS) is 30.0. The monoisotopic (exact) mass is 166 g/mol. The Hall–Kier alpha value is -0.860. The molecule has 1 aliphatic heterocycles. The van der Waals surface area contributed by atoms with Gasteiger partial charge < -0.3 is 9.69 Å². The summed E-state index contributed by atoms with van der Waals surface area (Å²) in [5, 5.41) is 0. The van der Waals surface area contributed by atoms with Crippen LogP contribution < -0.4 is 0 Å². The number of carbonyl (C=O) groups excluding carboxylic acids is 1. The third-order valence-electron chi connectivity index (χ3n) is 2.79. The Kier molecular flexibility index (Phi) is 2.11. The van der Waals surface area contributed by atoms with Gasteiger partial charge in [-0.25, -0.2) is 0 Å². The molecule has 2 aliphatic rings. The van der Waals surface area contributed by atoms with E-state index in [4.69, 9.17) is 0 Å². The lowest BCUT2D eigenvalue weighted by Crippen LogP contribution is -2.39. The van der Waals surface area contributed by atoms with Crippen molar-refractivity contribution in [3.63, 3.8) is 0 Å². The predicted octanol–water partition coefficient (Wildman–Crippen LogP) is 0.840. The Balaban J connectivity index is 2.00. The molecular weight excluding hydrogens is 152 g/mol. The minimum Gasteiger partial charge on any atom is -0.348 e. The first-order chi connectivity index (χ1) is 5.92. The first-order valence-electron chi connectivity index (χ1n) is 4.64. The molecule has 3 nitrogen and oxygen atoms in total. The van der Waals surface area contributed by atoms with Crippen LogP contribution in [-0.4, -0.2) is 36.2 Å². The average Bonchev–Trinajstić information content (AvgIpc) is 2.74. The zero-order chi connectivity index (χ0) is 8.39. The van der Waals surface area contributed by atoms with E-state index in [1.165, 1.54) is 25.7 Å². The third kappa shape index (κ3) is 1.24. The van der Waals surface area contributed by atoms with Crippen molar-refractivity contribution >= 4 is 12.6 Å². The van der Waals surface area contributed by atoms with Crippen molar-refractivity contribution in [1.29, 1.82) is 0 Å². The maximum absolute atomic E-state index is 10.7. The van der Waals surface area contributed by atoms with Crippen LogP contribution in [0.1, 0.15) is 25.7 Å². The Labute approximate surface area is 72.5 Å². The third-order valence-corrected chi connectivity index (χ3v) is 2.79. The molecule has 1 saturated carbocycles. The highest BCUT2D eigenvalue weighted by atomic mass is 16.1. The van der Waals surface area contributed by atoms with Gasteiger partial charge in [-0.15, -0.1) is 0 Å². The largest absolute Gasteiger partial charge is 0.348 e. The van der Waals surface area contributed by atoms with E-state index in [1.54, 1.807) is 0 Å². The second-order valence-corrected chi connectivity index (χ2v) is 3.57. The van der Waals surface area contributed by atoms with Crippen LogP contribution in [0, 0.1) is 0 Å². The number of rotatable bonds is 2. The van der Waals surface area contributed by atoms with Crippen molar-refractivity contribution in [2.45, 2.75) is 37.8 Å². The molecule has 0 amide bonds. The second kappa shape index (κ2) is 3.25. The number of carbonyl (C=O) groups is 1. The highest BCUT2D eigenvalue weighted by molar-refractivity contribution is 5.70. The van der Waals surface area contributed by atoms with Gasteiger partial charge in [-0.2, -0.15) is 0 Å². The SMILES string of the molecule is O=CC1CN=CN1C1CCCC1. The predicted molar refractivity (Wildman–Crippen MR) is 47.3 cm³/mol. The zero-order valence-corrected chi connectivity index (χ0v) is 7.15. The molecule has 0 bridgehead atoms. The molecule has 0 aromatic rings. The van der Waals surface area contributed by atoms with Gasteiger partial charge in [0.05, 0.1) is 12.9 Å². The highest BCUT2D eigenvalue weighted by Crippen LogP contribution is 2.25. The van der Waals surface area contributed by atoms with Crippen LogP contribution in [0.3, 0.4) is 0 Å². The van der Waals surface area contributed by atoms with Gasteiger partial charge >= 0.3 is 0 Å². The molecule has 1 fully saturated rings. The maximum atomic E-state index is 10.7. The van der Waals surface area contributed by atoms with E-state index >= 15 is 0 Å². The summed E-state index contributed by atoms with van der Waals surface area (Å²) >= 11 is 0. The van der Waals surface area contributed by atoms with Crippen molar-refractivity contribution in [2.75, 3.05) is 6.54 Å². The van der Waals surface area contributed by atoms with Crippen LogP contribution in [-0.2, 0) is 4.79 Å². The quantitative estimate of drug-likeness (QED) is 0.569. The molecule has 0 N–H and O–H groups in total. The van der Waals surface area contributed by atoms with Crippen LogP contribution in [0.4, 0.5) is 0 Å². The van der Waals surface area contributed by atoms with E-state index in [1.807, 2.05) is 6.34 Å². The second-order valence-electron chi connectivity index (χ2n) is 3.57. The summed E-state index contributed by atoms with van der Waals surface area (Å²) in [6, 6.07) is 0.625. The average molecular weight is 166 g/mol. The Morgan fingerprint density at radius 1 is 1.42 bits per heavy atom. The molecule has 1 heterocycles. The van der Waals surface area contributed by atoms with Gasteiger partial charge in [0, 0.05) is 6.04 Å². The van der Waals surface area contributed by atoms with E-state index in [9.17, 15) is 4.79 Å². The molecule has 12 heavy (non-hydrogen) atoms. The van der Waals surface area contributed by atoms with Crippen molar-refractivity contribution in [2.24, 2.45) is 4.99 Å². The topological polar surface area (TPSA) is 32.7 Å². The fourth-order valence-corrected chi connectivity index (χ4v) is 2.11. The number of hydrogen-bond acceptors (Lipinski definition) is 3. The smallest absolute Gasteiger partial charge is 0.144 e. The summed E-state index contributed by atoms with van der Waals surface area (Å²) < 4.78 is 0. The van der Waals surface area contributed by atoms with Crippen LogP contribution >= 0.6 is 0 Å². The van der Waals surface area contributed by atoms with E-state index in [0.717, 1.165) is 6.29 Å². The van der Waals surface area contributed by atoms with Crippen LogP contribution in [0.2, 0.25) is 0 Å². The number of hydrogen-bond donors (Lipinski definition) is 0. The van der Waals surface area contributed by atoms with Gasteiger partial charge in [0.1, 0.15) is 12.3 Å². The van der Waals surface area contributed by atoms with Crippen LogP contribution in [0.25, 0.3) is 0 Å². The lowest BCUT2D eigenvalue weighted by atomic mass is 10.2. The van der Waals surface area contributed by atoms with Gasteiger partial charge in [0.15, 0.2) is 0 Å². The standard InChI is InChI=1S/C9H14N2O/c12-6-9-5-10-7-11(9)8-3-1-2-4-8/h6-9H,1-5H2. The molecule has 1 aliphatic carbocycles. The summed E-state index contributed by atoms with van der Waals surface area (Å²) in [5.74, 6) is 0. The summed E-state index contributed by atoms with van der Waals surface area (Å²) in [7, 11) is 0. The molecule has 1 unspecified atom stereocenters. The number of aliphatic imine (C=N–C) groups is 1.